The Bertz CT molecular complexity index is 1640. The Kier molecular flexibility index (Phi) is 10.1. The van der Waals surface area contributed by atoms with Gasteiger partial charge in [-0.3, -0.25) is 9.59 Å². The number of phenolic OH excluding ortho intramolecular Hbond substituents is 1. The SMILES string of the molecule is NCCNC(=O)c1cccc(-c2cccc(CN(CCc3ccc(S(N)(=O)=O)cc3)C(=O)Cc3ccc(O)cc3)c2)c1. The van der Waals surface area contributed by atoms with Crippen LogP contribution in [0.1, 0.15) is 27.0 Å². The van der Waals surface area contributed by atoms with E-state index >= 15 is 0 Å². The Morgan fingerprint density at radius 2 is 1.45 bits per heavy atom. The van der Waals surface area contributed by atoms with Crippen LogP contribution in [-0.2, 0) is 34.2 Å². The number of aromatic hydroxyl groups is 1. The smallest absolute Gasteiger partial charge is 0.251 e. The van der Waals surface area contributed by atoms with Crippen LogP contribution in [0, 0.1) is 0 Å². The maximum atomic E-state index is 13.5. The molecule has 0 spiro atoms. The number of primary sulfonamides is 1. The fourth-order valence-corrected chi connectivity index (χ4v) is 5.01. The third kappa shape index (κ3) is 8.50. The van der Waals surface area contributed by atoms with Crippen LogP contribution in [0.2, 0.25) is 0 Å². The maximum Gasteiger partial charge on any atom is 0.251 e. The highest BCUT2D eigenvalue weighted by Gasteiger charge is 2.16. The van der Waals surface area contributed by atoms with Gasteiger partial charge in [0.15, 0.2) is 0 Å². The molecule has 6 N–H and O–H groups in total. The lowest BCUT2D eigenvalue weighted by Crippen LogP contribution is -2.33. The Morgan fingerprint density at radius 3 is 2.12 bits per heavy atom. The van der Waals surface area contributed by atoms with Crippen LogP contribution >= 0.6 is 0 Å². The number of nitrogens with one attached hydrogen (secondary N) is 1. The first-order valence-corrected chi connectivity index (χ1v) is 15.0. The van der Waals surface area contributed by atoms with E-state index in [4.69, 9.17) is 10.9 Å². The van der Waals surface area contributed by atoms with Crippen LogP contribution < -0.4 is 16.2 Å². The molecular formula is C32H34N4O5S. The second-order valence-corrected chi connectivity index (χ2v) is 11.5. The summed E-state index contributed by atoms with van der Waals surface area (Å²) >= 11 is 0. The normalized spacial score (nSPS) is 11.2. The highest BCUT2D eigenvalue weighted by molar-refractivity contribution is 7.89. The molecule has 0 atom stereocenters. The Labute approximate surface area is 245 Å². The van der Waals surface area contributed by atoms with E-state index < -0.39 is 10.0 Å². The Hall–Kier alpha value is -4.51. The van der Waals surface area contributed by atoms with Gasteiger partial charge in [-0.25, -0.2) is 13.6 Å². The molecule has 4 rings (SSSR count). The van der Waals surface area contributed by atoms with Gasteiger partial charge in [0.2, 0.25) is 15.9 Å². The summed E-state index contributed by atoms with van der Waals surface area (Å²) in [5.41, 5.74) is 10.4. The summed E-state index contributed by atoms with van der Waals surface area (Å²) in [6, 6.07) is 28.0. The summed E-state index contributed by atoms with van der Waals surface area (Å²) in [4.78, 5) is 27.7. The van der Waals surface area contributed by atoms with Crippen molar-refractivity contribution in [3.63, 3.8) is 0 Å². The fraction of sp³-hybridized carbons (Fsp3) is 0.188. The zero-order valence-corrected chi connectivity index (χ0v) is 23.9. The van der Waals surface area contributed by atoms with Crippen molar-refractivity contribution in [1.29, 1.82) is 0 Å². The summed E-state index contributed by atoms with van der Waals surface area (Å²) in [7, 11) is -3.79. The van der Waals surface area contributed by atoms with Crippen LogP contribution in [0.15, 0.2) is 102 Å². The minimum absolute atomic E-state index is 0.0317. The van der Waals surface area contributed by atoms with Gasteiger partial charge in [-0.2, -0.15) is 0 Å². The molecule has 2 amide bonds. The number of amides is 2. The van der Waals surface area contributed by atoms with Crippen molar-refractivity contribution < 1.29 is 23.1 Å². The molecule has 0 fully saturated rings. The molecule has 0 aliphatic carbocycles. The highest BCUT2D eigenvalue weighted by atomic mass is 32.2. The van der Waals surface area contributed by atoms with Crippen molar-refractivity contribution >= 4 is 21.8 Å². The number of sulfonamides is 1. The number of hydrogen-bond acceptors (Lipinski definition) is 6. The van der Waals surface area contributed by atoms with Gasteiger partial charge in [0.25, 0.3) is 5.91 Å². The van der Waals surface area contributed by atoms with Crippen LogP contribution in [0.25, 0.3) is 11.1 Å². The number of hydrogen-bond donors (Lipinski definition) is 4. The van der Waals surface area contributed by atoms with Gasteiger partial charge in [-0.05, 0) is 76.7 Å². The number of carbonyl (C=O) groups is 2. The largest absolute Gasteiger partial charge is 0.508 e. The fourth-order valence-electron chi connectivity index (χ4n) is 4.50. The van der Waals surface area contributed by atoms with Gasteiger partial charge in [-0.15, -0.1) is 0 Å². The molecular weight excluding hydrogens is 552 g/mol. The third-order valence-electron chi connectivity index (χ3n) is 6.76. The average Bonchev–Trinajstić information content (AvgIpc) is 2.99. The molecule has 218 valence electrons. The first-order valence-electron chi connectivity index (χ1n) is 13.5. The number of benzene rings is 4. The van der Waals surface area contributed by atoms with E-state index in [0.717, 1.165) is 27.8 Å². The van der Waals surface area contributed by atoms with Crippen molar-refractivity contribution in [1.82, 2.24) is 10.2 Å². The molecule has 0 saturated carbocycles. The van der Waals surface area contributed by atoms with Crippen molar-refractivity contribution in [3.8, 4) is 16.9 Å². The van der Waals surface area contributed by atoms with Gasteiger partial charge in [0.1, 0.15) is 5.75 Å². The molecule has 0 saturated heterocycles. The molecule has 10 heteroatoms. The van der Waals surface area contributed by atoms with Crippen LogP contribution in [-0.4, -0.2) is 49.9 Å². The molecule has 0 aromatic heterocycles. The summed E-state index contributed by atoms with van der Waals surface area (Å²) in [6.07, 6.45) is 0.663. The summed E-state index contributed by atoms with van der Waals surface area (Å²) in [6.45, 7) is 1.49. The molecule has 0 aliphatic rings. The number of phenols is 1. The Balaban J connectivity index is 1.54. The van der Waals surface area contributed by atoms with E-state index in [1.54, 1.807) is 47.4 Å². The minimum atomic E-state index is -3.79. The molecule has 9 nitrogen and oxygen atoms in total. The monoisotopic (exact) mass is 586 g/mol. The zero-order valence-electron chi connectivity index (χ0n) is 23.1. The van der Waals surface area contributed by atoms with E-state index in [1.165, 1.54) is 12.1 Å². The second-order valence-electron chi connectivity index (χ2n) is 9.92. The lowest BCUT2D eigenvalue weighted by molar-refractivity contribution is -0.131. The lowest BCUT2D eigenvalue weighted by atomic mass is 10.0. The minimum Gasteiger partial charge on any atom is -0.508 e. The second kappa shape index (κ2) is 13.9. The number of nitrogens with zero attached hydrogens (tertiary/aromatic N) is 1. The van der Waals surface area contributed by atoms with Gasteiger partial charge in [0, 0.05) is 31.7 Å². The Morgan fingerprint density at radius 1 is 0.810 bits per heavy atom. The lowest BCUT2D eigenvalue weighted by Gasteiger charge is -2.24. The molecule has 42 heavy (non-hydrogen) atoms. The third-order valence-corrected chi connectivity index (χ3v) is 7.68. The molecule has 0 bridgehead atoms. The molecule has 0 aliphatic heterocycles. The summed E-state index contributed by atoms with van der Waals surface area (Å²) in [5.74, 6) is -0.156. The van der Waals surface area contributed by atoms with Gasteiger partial charge < -0.3 is 21.1 Å². The number of rotatable bonds is 12. The maximum absolute atomic E-state index is 13.5. The van der Waals surface area contributed by atoms with E-state index in [1.807, 2.05) is 42.5 Å². The quantitative estimate of drug-likeness (QED) is 0.200. The molecule has 0 unspecified atom stereocenters. The van der Waals surface area contributed by atoms with Crippen LogP contribution in [0.3, 0.4) is 0 Å². The predicted molar refractivity (Wildman–Crippen MR) is 162 cm³/mol. The van der Waals surface area contributed by atoms with Gasteiger partial charge >= 0.3 is 0 Å². The number of carbonyl (C=O) groups excluding carboxylic acids is 2. The van der Waals surface area contributed by atoms with Gasteiger partial charge in [0.05, 0.1) is 11.3 Å². The average molecular weight is 587 g/mol. The van der Waals surface area contributed by atoms with E-state index in [9.17, 15) is 23.1 Å². The zero-order chi connectivity index (χ0) is 30.1. The van der Waals surface area contributed by atoms with Crippen molar-refractivity contribution in [2.45, 2.75) is 24.3 Å². The molecule has 4 aromatic carbocycles. The molecule has 4 aromatic rings. The van der Waals surface area contributed by atoms with Crippen LogP contribution in [0.5, 0.6) is 5.75 Å². The molecule has 0 heterocycles. The summed E-state index contributed by atoms with van der Waals surface area (Å²) < 4.78 is 23.2. The highest BCUT2D eigenvalue weighted by Crippen LogP contribution is 2.23. The van der Waals surface area contributed by atoms with E-state index in [0.29, 0.717) is 38.2 Å². The summed E-state index contributed by atoms with van der Waals surface area (Å²) in [5, 5.41) is 17.6. The van der Waals surface area contributed by atoms with Crippen molar-refractivity contribution in [2.24, 2.45) is 10.9 Å². The van der Waals surface area contributed by atoms with Crippen LogP contribution in [0.4, 0.5) is 0 Å². The number of nitrogens with two attached hydrogens (primary N) is 2. The van der Waals surface area contributed by atoms with E-state index in [2.05, 4.69) is 5.32 Å². The van der Waals surface area contributed by atoms with Crippen molar-refractivity contribution in [2.75, 3.05) is 19.6 Å². The molecule has 0 radical (unpaired) electrons. The van der Waals surface area contributed by atoms with E-state index in [-0.39, 0.29) is 28.9 Å². The first-order chi connectivity index (χ1) is 20.1. The predicted octanol–water partition coefficient (Wildman–Crippen LogP) is 3.21. The first kappa shape index (κ1) is 30.4. The topological polar surface area (TPSA) is 156 Å². The standard InChI is InChI=1S/C32H34N4O5S/c33-16-17-35-32(39)28-6-2-5-27(21-28)26-4-1-3-25(19-26)22-36(31(38)20-24-7-11-29(37)12-8-24)18-15-23-9-13-30(14-10-23)42(34,40)41/h1-14,19,21,37H,15-18,20,22,33H2,(H,35,39)(H2,34,40,41). The van der Waals surface area contributed by atoms with Gasteiger partial charge in [-0.1, -0.05) is 54.6 Å². The van der Waals surface area contributed by atoms with Crippen molar-refractivity contribution in [3.05, 3.63) is 119 Å².